The van der Waals surface area contributed by atoms with Gasteiger partial charge >= 0.3 is 0 Å². The van der Waals surface area contributed by atoms with Crippen LogP contribution in [0.4, 0.5) is 0 Å². The fourth-order valence-electron chi connectivity index (χ4n) is 2.03. The van der Waals surface area contributed by atoms with Gasteiger partial charge in [0, 0.05) is 25.4 Å². The Kier molecular flexibility index (Phi) is 13.0. The van der Waals surface area contributed by atoms with Crippen molar-refractivity contribution in [1.29, 1.82) is 0 Å². The third kappa shape index (κ3) is 9.76. The molecule has 3 heteroatoms. The summed E-state index contributed by atoms with van der Waals surface area (Å²) in [6.45, 7) is 5.95. The molecule has 1 amide bonds. The van der Waals surface area contributed by atoms with Gasteiger partial charge in [-0.1, -0.05) is 52.4 Å². The first-order valence-electron chi connectivity index (χ1n) is 7.60. The third-order valence-corrected chi connectivity index (χ3v) is 3.40. The number of amides is 1. The Morgan fingerprint density at radius 1 is 0.889 bits per heavy atom. The van der Waals surface area contributed by atoms with Crippen LogP contribution in [0, 0.1) is 0 Å². The number of alkyl halides is 1. The van der Waals surface area contributed by atoms with Crippen LogP contribution in [0.1, 0.15) is 71.6 Å². The average molecular weight is 276 g/mol. The predicted octanol–water partition coefficient (Wildman–Crippen LogP) is 4.60. The number of halogens is 1. The molecule has 0 aromatic heterocycles. The van der Waals surface area contributed by atoms with E-state index in [9.17, 15) is 4.79 Å². The van der Waals surface area contributed by atoms with Gasteiger partial charge in [-0.25, -0.2) is 0 Å². The van der Waals surface area contributed by atoms with E-state index in [0.717, 1.165) is 25.8 Å². The molecular formula is C15H30ClNO. The lowest BCUT2D eigenvalue weighted by Gasteiger charge is -2.21. The van der Waals surface area contributed by atoms with Crippen molar-refractivity contribution >= 4 is 17.5 Å². The molecule has 0 bridgehead atoms. The highest BCUT2D eigenvalue weighted by Crippen LogP contribution is 2.09. The van der Waals surface area contributed by atoms with Crippen LogP contribution in [0.5, 0.6) is 0 Å². The summed E-state index contributed by atoms with van der Waals surface area (Å²) in [5, 5.41) is 0. The summed E-state index contributed by atoms with van der Waals surface area (Å²) in [6.07, 6.45) is 10.3. The van der Waals surface area contributed by atoms with Gasteiger partial charge in [0.15, 0.2) is 0 Å². The predicted molar refractivity (Wildman–Crippen MR) is 80.2 cm³/mol. The molecule has 2 nitrogen and oxygen atoms in total. The molecule has 108 valence electrons. The molecule has 0 aliphatic rings. The maximum atomic E-state index is 12.0. The van der Waals surface area contributed by atoms with E-state index in [1.54, 1.807) is 0 Å². The van der Waals surface area contributed by atoms with Gasteiger partial charge in [-0.3, -0.25) is 4.79 Å². The molecular weight excluding hydrogens is 246 g/mol. The Hall–Kier alpha value is -0.240. The zero-order chi connectivity index (χ0) is 13.6. The molecule has 0 aliphatic heterocycles. The second-order valence-corrected chi connectivity index (χ2v) is 5.32. The molecule has 0 atom stereocenters. The van der Waals surface area contributed by atoms with Gasteiger partial charge in [0.25, 0.3) is 0 Å². The number of nitrogens with zero attached hydrogens (tertiary/aromatic N) is 1. The molecule has 0 unspecified atom stereocenters. The van der Waals surface area contributed by atoms with E-state index in [4.69, 9.17) is 11.6 Å². The zero-order valence-corrected chi connectivity index (χ0v) is 13.0. The number of carbonyl (C=O) groups is 1. The van der Waals surface area contributed by atoms with Gasteiger partial charge in [0.2, 0.25) is 5.91 Å². The molecule has 0 saturated carbocycles. The Bertz CT molecular complexity index is 197. The summed E-state index contributed by atoms with van der Waals surface area (Å²) >= 11 is 5.74. The van der Waals surface area contributed by atoms with E-state index in [0.29, 0.717) is 24.8 Å². The minimum atomic E-state index is 0.291. The van der Waals surface area contributed by atoms with Gasteiger partial charge in [0.1, 0.15) is 0 Å². The number of hydrogen-bond acceptors (Lipinski definition) is 1. The Balaban J connectivity index is 3.67. The van der Waals surface area contributed by atoms with Crippen LogP contribution in [0.2, 0.25) is 0 Å². The van der Waals surface area contributed by atoms with Gasteiger partial charge in [0.05, 0.1) is 0 Å². The van der Waals surface area contributed by atoms with Crippen LogP contribution in [-0.4, -0.2) is 29.8 Å². The van der Waals surface area contributed by atoms with Crippen molar-refractivity contribution in [2.45, 2.75) is 71.6 Å². The summed E-state index contributed by atoms with van der Waals surface area (Å²) in [6, 6.07) is 0. The van der Waals surface area contributed by atoms with Crippen molar-refractivity contribution in [2.24, 2.45) is 0 Å². The van der Waals surface area contributed by atoms with Crippen molar-refractivity contribution in [3.05, 3.63) is 0 Å². The van der Waals surface area contributed by atoms with Crippen LogP contribution >= 0.6 is 11.6 Å². The number of unbranched alkanes of at least 4 members (excludes halogenated alkanes) is 6. The number of rotatable bonds is 12. The largest absolute Gasteiger partial charge is 0.342 e. The first kappa shape index (κ1) is 17.8. The normalized spacial score (nSPS) is 10.6. The molecule has 0 aromatic rings. The van der Waals surface area contributed by atoms with Crippen LogP contribution in [0.15, 0.2) is 0 Å². The Morgan fingerprint density at radius 2 is 1.50 bits per heavy atom. The topological polar surface area (TPSA) is 20.3 Å². The Labute approximate surface area is 118 Å². The van der Waals surface area contributed by atoms with Crippen LogP contribution in [-0.2, 0) is 4.79 Å². The summed E-state index contributed by atoms with van der Waals surface area (Å²) in [5.41, 5.74) is 0. The van der Waals surface area contributed by atoms with Crippen molar-refractivity contribution in [2.75, 3.05) is 19.0 Å². The highest BCUT2D eigenvalue weighted by atomic mass is 35.5. The first-order chi connectivity index (χ1) is 8.76. The van der Waals surface area contributed by atoms with E-state index in [-0.39, 0.29) is 0 Å². The molecule has 0 saturated heterocycles. The molecule has 0 spiro atoms. The van der Waals surface area contributed by atoms with Crippen LogP contribution in [0.25, 0.3) is 0 Å². The van der Waals surface area contributed by atoms with Gasteiger partial charge in [-0.2, -0.15) is 0 Å². The average Bonchev–Trinajstić information content (AvgIpc) is 2.38. The molecule has 0 heterocycles. The van der Waals surface area contributed by atoms with Gasteiger partial charge < -0.3 is 4.90 Å². The number of carbonyl (C=O) groups excluding carboxylic acids is 1. The molecule has 0 rings (SSSR count). The quantitative estimate of drug-likeness (QED) is 0.376. The minimum Gasteiger partial charge on any atom is -0.342 e. The van der Waals surface area contributed by atoms with Crippen molar-refractivity contribution < 1.29 is 4.79 Å². The lowest BCUT2D eigenvalue weighted by Crippen LogP contribution is -2.33. The molecule has 0 fully saturated rings. The van der Waals surface area contributed by atoms with Gasteiger partial charge in [-0.15, -0.1) is 11.6 Å². The fraction of sp³-hybridized carbons (Fsp3) is 0.933. The van der Waals surface area contributed by atoms with Crippen molar-refractivity contribution in [1.82, 2.24) is 4.90 Å². The first-order valence-corrected chi connectivity index (χ1v) is 8.13. The zero-order valence-electron chi connectivity index (χ0n) is 12.2. The molecule has 0 radical (unpaired) electrons. The van der Waals surface area contributed by atoms with E-state index in [1.165, 1.54) is 32.1 Å². The third-order valence-electron chi connectivity index (χ3n) is 3.23. The van der Waals surface area contributed by atoms with Crippen LogP contribution in [0.3, 0.4) is 0 Å². The minimum absolute atomic E-state index is 0.291. The molecule has 0 aromatic carbocycles. The highest BCUT2D eigenvalue weighted by molar-refractivity contribution is 6.18. The van der Waals surface area contributed by atoms with Crippen molar-refractivity contribution in [3.8, 4) is 0 Å². The number of hydrogen-bond donors (Lipinski definition) is 0. The summed E-state index contributed by atoms with van der Waals surface area (Å²) in [5.74, 6) is 0.839. The van der Waals surface area contributed by atoms with E-state index in [2.05, 4.69) is 13.8 Å². The lowest BCUT2D eigenvalue weighted by molar-refractivity contribution is -0.131. The van der Waals surface area contributed by atoms with Gasteiger partial charge in [-0.05, 0) is 12.8 Å². The van der Waals surface area contributed by atoms with E-state index in [1.807, 2.05) is 4.90 Å². The maximum absolute atomic E-state index is 12.0. The van der Waals surface area contributed by atoms with E-state index >= 15 is 0 Å². The lowest BCUT2D eigenvalue weighted by atomic mass is 10.1. The second-order valence-electron chi connectivity index (χ2n) is 4.94. The molecule has 0 N–H and O–H groups in total. The fourth-order valence-corrected chi connectivity index (χ4v) is 2.23. The SMILES string of the molecule is CCCCCCCCC(=O)N(CCCl)CCCC. The van der Waals surface area contributed by atoms with Crippen LogP contribution < -0.4 is 0 Å². The van der Waals surface area contributed by atoms with Crippen molar-refractivity contribution in [3.63, 3.8) is 0 Å². The smallest absolute Gasteiger partial charge is 0.222 e. The van der Waals surface area contributed by atoms with E-state index < -0.39 is 0 Å². The highest BCUT2D eigenvalue weighted by Gasteiger charge is 2.11. The summed E-state index contributed by atoms with van der Waals surface area (Å²) in [4.78, 5) is 13.9. The maximum Gasteiger partial charge on any atom is 0.222 e. The summed E-state index contributed by atoms with van der Waals surface area (Å²) in [7, 11) is 0. The molecule has 18 heavy (non-hydrogen) atoms. The Morgan fingerprint density at radius 3 is 2.11 bits per heavy atom. The second kappa shape index (κ2) is 13.2. The standard InChI is InChI=1S/C15H30ClNO/c1-3-5-7-8-9-10-11-15(18)17(14-12-16)13-6-4-2/h3-14H2,1-2H3. The summed E-state index contributed by atoms with van der Waals surface area (Å²) < 4.78 is 0. The molecule has 0 aliphatic carbocycles. The monoisotopic (exact) mass is 275 g/mol.